The Hall–Kier alpha value is -0.870. The molecule has 0 aliphatic carbocycles. The van der Waals surface area contributed by atoms with Crippen molar-refractivity contribution in [3.05, 3.63) is 12.2 Å². The number of nitrogens with zero attached hydrogens (tertiary/aromatic N) is 1. The summed E-state index contributed by atoms with van der Waals surface area (Å²) in [7, 11) is 0. The second-order valence-electron chi connectivity index (χ2n) is 3.07. The first-order valence-electron chi connectivity index (χ1n) is 4.77. The summed E-state index contributed by atoms with van der Waals surface area (Å²) in [5, 5.41) is 8.70. The zero-order valence-electron chi connectivity index (χ0n) is 8.95. The second-order valence-corrected chi connectivity index (χ2v) is 3.07. The fraction of sp³-hybridized carbons (Fsp3) is 0.700. The van der Waals surface area contributed by atoms with E-state index in [1.54, 1.807) is 6.92 Å². The van der Waals surface area contributed by atoms with Crippen molar-refractivity contribution < 1.29 is 14.6 Å². The van der Waals surface area contributed by atoms with Crippen molar-refractivity contribution in [3.8, 4) is 0 Å². The first-order valence-corrected chi connectivity index (χ1v) is 4.77. The fourth-order valence-corrected chi connectivity index (χ4v) is 0.960. The standard InChI is InChI=1S/C10H19NO3/c1-4-11(5-7-12)6-8-14-10(13)9(2)3/h12H,2,4-8H2,1,3H3. The lowest BCUT2D eigenvalue weighted by Gasteiger charge is -2.18. The van der Waals surface area contributed by atoms with Crippen LogP contribution in [0.15, 0.2) is 12.2 Å². The molecule has 0 aromatic carbocycles. The topological polar surface area (TPSA) is 49.8 Å². The number of aliphatic hydroxyl groups is 1. The molecular formula is C10H19NO3. The maximum atomic E-state index is 11.0. The van der Waals surface area contributed by atoms with Crippen molar-refractivity contribution in [3.63, 3.8) is 0 Å². The molecule has 0 radical (unpaired) electrons. The van der Waals surface area contributed by atoms with Crippen molar-refractivity contribution in [2.24, 2.45) is 0 Å². The Balaban J connectivity index is 3.60. The van der Waals surface area contributed by atoms with E-state index in [0.717, 1.165) is 6.54 Å². The second kappa shape index (κ2) is 7.53. The molecule has 0 fully saturated rings. The third kappa shape index (κ3) is 5.72. The Morgan fingerprint density at radius 1 is 1.50 bits per heavy atom. The molecule has 0 saturated heterocycles. The zero-order chi connectivity index (χ0) is 11.0. The van der Waals surface area contributed by atoms with Gasteiger partial charge in [0.2, 0.25) is 0 Å². The maximum Gasteiger partial charge on any atom is 0.333 e. The molecule has 14 heavy (non-hydrogen) atoms. The van der Waals surface area contributed by atoms with Crippen molar-refractivity contribution >= 4 is 5.97 Å². The van der Waals surface area contributed by atoms with Gasteiger partial charge in [-0.25, -0.2) is 4.79 Å². The van der Waals surface area contributed by atoms with Gasteiger partial charge in [-0.05, 0) is 13.5 Å². The first-order chi connectivity index (χ1) is 6.61. The molecule has 0 bridgehead atoms. The quantitative estimate of drug-likeness (QED) is 0.479. The minimum absolute atomic E-state index is 0.127. The minimum atomic E-state index is -0.356. The van der Waals surface area contributed by atoms with Crippen LogP contribution in [0, 0.1) is 0 Å². The van der Waals surface area contributed by atoms with Crippen LogP contribution < -0.4 is 0 Å². The number of carbonyl (C=O) groups excluding carboxylic acids is 1. The predicted octanol–water partition coefficient (Wildman–Crippen LogP) is 0.420. The van der Waals surface area contributed by atoms with Gasteiger partial charge < -0.3 is 9.84 Å². The Bertz CT molecular complexity index is 192. The van der Waals surface area contributed by atoms with Gasteiger partial charge in [-0.3, -0.25) is 4.90 Å². The molecule has 0 aliphatic heterocycles. The van der Waals surface area contributed by atoms with E-state index in [1.165, 1.54) is 0 Å². The molecule has 1 N–H and O–H groups in total. The van der Waals surface area contributed by atoms with Crippen LogP contribution in [0.4, 0.5) is 0 Å². The zero-order valence-corrected chi connectivity index (χ0v) is 8.95. The maximum absolute atomic E-state index is 11.0. The molecule has 0 aliphatic rings. The van der Waals surface area contributed by atoms with Gasteiger partial charge in [0.1, 0.15) is 6.61 Å². The monoisotopic (exact) mass is 201 g/mol. The van der Waals surface area contributed by atoms with Crippen LogP contribution >= 0.6 is 0 Å². The molecule has 0 unspecified atom stereocenters. The van der Waals surface area contributed by atoms with Gasteiger partial charge in [0.05, 0.1) is 6.61 Å². The predicted molar refractivity (Wildman–Crippen MR) is 55.0 cm³/mol. The van der Waals surface area contributed by atoms with Crippen molar-refractivity contribution in [2.75, 3.05) is 32.8 Å². The summed E-state index contributed by atoms with van der Waals surface area (Å²) in [6, 6.07) is 0. The van der Waals surface area contributed by atoms with E-state index in [1.807, 2.05) is 11.8 Å². The summed E-state index contributed by atoms with van der Waals surface area (Å²) >= 11 is 0. The Labute approximate surface area is 85.2 Å². The SMILES string of the molecule is C=C(C)C(=O)OCCN(CC)CCO. The lowest BCUT2D eigenvalue weighted by Crippen LogP contribution is -2.30. The number of carbonyl (C=O) groups is 1. The number of aliphatic hydroxyl groups excluding tert-OH is 1. The van der Waals surface area contributed by atoms with Crippen LogP contribution in [0.5, 0.6) is 0 Å². The highest BCUT2D eigenvalue weighted by Crippen LogP contribution is 1.93. The van der Waals surface area contributed by atoms with Crippen LogP contribution in [-0.2, 0) is 9.53 Å². The van der Waals surface area contributed by atoms with Crippen LogP contribution in [0.1, 0.15) is 13.8 Å². The molecule has 0 spiro atoms. The van der Waals surface area contributed by atoms with E-state index in [4.69, 9.17) is 9.84 Å². The normalized spacial score (nSPS) is 10.3. The molecule has 0 amide bonds. The van der Waals surface area contributed by atoms with Gasteiger partial charge in [0.15, 0.2) is 0 Å². The van der Waals surface area contributed by atoms with Crippen LogP contribution in [-0.4, -0.2) is 48.8 Å². The van der Waals surface area contributed by atoms with Crippen molar-refractivity contribution in [2.45, 2.75) is 13.8 Å². The van der Waals surface area contributed by atoms with E-state index < -0.39 is 0 Å². The largest absolute Gasteiger partial charge is 0.461 e. The molecular weight excluding hydrogens is 182 g/mol. The van der Waals surface area contributed by atoms with E-state index in [-0.39, 0.29) is 12.6 Å². The number of rotatable bonds is 7. The van der Waals surface area contributed by atoms with Gasteiger partial charge in [0, 0.05) is 18.7 Å². The lowest BCUT2D eigenvalue weighted by molar-refractivity contribution is -0.139. The molecule has 0 saturated carbocycles. The molecule has 82 valence electrons. The third-order valence-electron chi connectivity index (χ3n) is 1.85. The summed E-state index contributed by atoms with van der Waals surface area (Å²) in [5.41, 5.74) is 0.412. The van der Waals surface area contributed by atoms with E-state index in [0.29, 0.717) is 25.3 Å². The smallest absolute Gasteiger partial charge is 0.333 e. The number of hydrogen-bond acceptors (Lipinski definition) is 4. The van der Waals surface area contributed by atoms with E-state index in [2.05, 4.69) is 6.58 Å². The van der Waals surface area contributed by atoms with Crippen LogP contribution in [0.3, 0.4) is 0 Å². The molecule has 0 aromatic rings. The lowest BCUT2D eigenvalue weighted by atomic mass is 10.4. The van der Waals surface area contributed by atoms with Gasteiger partial charge in [-0.15, -0.1) is 0 Å². The highest BCUT2D eigenvalue weighted by Gasteiger charge is 2.05. The number of likely N-dealkylation sites (N-methyl/N-ethyl adjacent to an activating group) is 1. The summed E-state index contributed by atoms with van der Waals surface area (Å²) < 4.78 is 4.92. The average Bonchev–Trinajstić information content (AvgIpc) is 2.16. The highest BCUT2D eigenvalue weighted by molar-refractivity contribution is 5.86. The van der Waals surface area contributed by atoms with Crippen LogP contribution in [0.25, 0.3) is 0 Å². The van der Waals surface area contributed by atoms with Crippen molar-refractivity contribution in [1.82, 2.24) is 4.90 Å². The Morgan fingerprint density at radius 2 is 2.14 bits per heavy atom. The highest BCUT2D eigenvalue weighted by atomic mass is 16.5. The summed E-state index contributed by atoms with van der Waals surface area (Å²) in [5.74, 6) is -0.356. The first kappa shape index (κ1) is 13.1. The van der Waals surface area contributed by atoms with E-state index >= 15 is 0 Å². The fourth-order valence-electron chi connectivity index (χ4n) is 0.960. The molecule has 0 aromatic heterocycles. The van der Waals surface area contributed by atoms with Crippen LogP contribution in [0.2, 0.25) is 0 Å². The van der Waals surface area contributed by atoms with Crippen molar-refractivity contribution in [1.29, 1.82) is 0 Å². The molecule has 4 heteroatoms. The average molecular weight is 201 g/mol. The summed E-state index contributed by atoms with van der Waals surface area (Å²) in [6.07, 6.45) is 0. The minimum Gasteiger partial charge on any atom is -0.461 e. The Morgan fingerprint density at radius 3 is 2.57 bits per heavy atom. The summed E-state index contributed by atoms with van der Waals surface area (Å²) in [6.45, 7) is 9.67. The number of hydrogen-bond donors (Lipinski definition) is 1. The number of ether oxygens (including phenoxy) is 1. The third-order valence-corrected chi connectivity index (χ3v) is 1.85. The summed E-state index contributed by atoms with van der Waals surface area (Å²) in [4.78, 5) is 13.0. The van der Waals surface area contributed by atoms with E-state index in [9.17, 15) is 4.79 Å². The van der Waals surface area contributed by atoms with Gasteiger partial charge in [-0.2, -0.15) is 0 Å². The molecule has 0 heterocycles. The molecule has 0 atom stereocenters. The van der Waals surface area contributed by atoms with Gasteiger partial charge in [0.25, 0.3) is 0 Å². The molecule has 4 nitrogen and oxygen atoms in total. The number of esters is 1. The molecule has 0 rings (SSSR count). The van der Waals surface area contributed by atoms with Gasteiger partial charge in [-0.1, -0.05) is 13.5 Å². The van der Waals surface area contributed by atoms with Gasteiger partial charge >= 0.3 is 5.97 Å². The Kier molecular flexibility index (Phi) is 7.06.